The molecular weight excluding hydrogens is 378 g/mol. The third kappa shape index (κ3) is 4.50. The van der Waals surface area contributed by atoms with Crippen molar-refractivity contribution >= 4 is 35.3 Å². The number of nitrogens with zero attached hydrogens (tertiary/aromatic N) is 1. The Hall–Kier alpha value is -3.49. The van der Waals surface area contributed by atoms with Crippen LogP contribution in [-0.2, 0) is 23.9 Å². The Morgan fingerprint density at radius 2 is 1.76 bits per heavy atom. The lowest BCUT2D eigenvalue weighted by atomic mass is 9.85. The highest BCUT2D eigenvalue weighted by Gasteiger charge is 2.47. The summed E-state index contributed by atoms with van der Waals surface area (Å²) in [5, 5.41) is 4.99. The molecule has 2 aliphatic rings. The van der Waals surface area contributed by atoms with Crippen molar-refractivity contribution in [2.24, 2.45) is 11.8 Å². The van der Waals surface area contributed by atoms with Crippen LogP contribution in [0.15, 0.2) is 36.4 Å². The average Bonchev–Trinajstić information content (AvgIpc) is 2.97. The second kappa shape index (κ2) is 8.68. The number of hydrogen-bond acceptors (Lipinski definition) is 6. The van der Waals surface area contributed by atoms with Crippen LogP contribution in [0.4, 0.5) is 5.69 Å². The van der Waals surface area contributed by atoms with E-state index in [0.29, 0.717) is 24.1 Å². The van der Waals surface area contributed by atoms with Crippen molar-refractivity contribution in [3.8, 4) is 0 Å². The summed E-state index contributed by atoms with van der Waals surface area (Å²) in [6.45, 7) is -1.09. The van der Waals surface area contributed by atoms with Gasteiger partial charge in [0.05, 0.1) is 11.8 Å². The third-order valence-corrected chi connectivity index (χ3v) is 4.89. The van der Waals surface area contributed by atoms with Crippen molar-refractivity contribution in [3.63, 3.8) is 0 Å². The van der Waals surface area contributed by atoms with E-state index in [1.807, 2.05) is 12.2 Å². The van der Waals surface area contributed by atoms with Gasteiger partial charge in [0.2, 0.25) is 11.8 Å². The number of amides is 4. The maximum absolute atomic E-state index is 12.3. The number of carbonyl (C=O) groups excluding carboxylic acids is 5. The highest BCUT2D eigenvalue weighted by Crippen LogP contribution is 2.34. The van der Waals surface area contributed by atoms with Crippen LogP contribution in [0.2, 0.25) is 0 Å². The van der Waals surface area contributed by atoms with Gasteiger partial charge in [0.1, 0.15) is 6.54 Å². The fraction of sp³-hybridized carbons (Fsp3) is 0.350. The molecule has 1 fully saturated rings. The Morgan fingerprint density at radius 1 is 1.10 bits per heavy atom. The first-order valence-corrected chi connectivity index (χ1v) is 9.18. The molecule has 1 heterocycles. The molecule has 29 heavy (non-hydrogen) atoms. The molecular formula is C20H21N3O6. The Labute approximate surface area is 167 Å². The number of carbonyl (C=O) groups is 5. The van der Waals surface area contributed by atoms with E-state index in [9.17, 15) is 24.0 Å². The molecule has 9 nitrogen and oxygen atoms in total. The summed E-state index contributed by atoms with van der Waals surface area (Å²) in [4.78, 5) is 61.2. The van der Waals surface area contributed by atoms with Crippen molar-refractivity contribution in [3.05, 3.63) is 42.0 Å². The number of anilines is 1. The quantitative estimate of drug-likeness (QED) is 0.408. The molecule has 2 atom stereocenters. The molecule has 9 heteroatoms. The highest BCUT2D eigenvalue weighted by molar-refractivity contribution is 6.07. The molecule has 0 unspecified atom stereocenters. The van der Waals surface area contributed by atoms with Gasteiger partial charge >= 0.3 is 5.97 Å². The smallest absolute Gasteiger partial charge is 0.326 e. The minimum atomic E-state index is -0.840. The molecule has 0 radical (unpaired) electrons. The molecule has 3 rings (SSSR count). The van der Waals surface area contributed by atoms with Crippen molar-refractivity contribution in [2.75, 3.05) is 25.5 Å². The van der Waals surface area contributed by atoms with E-state index in [-0.39, 0.29) is 17.7 Å². The summed E-state index contributed by atoms with van der Waals surface area (Å²) in [5.74, 6) is -3.35. The van der Waals surface area contributed by atoms with Crippen molar-refractivity contribution < 1.29 is 28.7 Å². The summed E-state index contributed by atoms with van der Waals surface area (Å²) < 4.78 is 4.89. The van der Waals surface area contributed by atoms with Gasteiger partial charge in [-0.1, -0.05) is 18.2 Å². The minimum Gasteiger partial charge on any atom is -0.454 e. The summed E-state index contributed by atoms with van der Waals surface area (Å²) in [5.41, 5.74) is 0.734. The highest BCUT2D eigenvalue weighted by atomic mass is 16.5. The van der Waals surface area contributed by atoms with Gasteiger partial charge in [-0.15, -0.1) is 0 Å². The minimum absolute atomic E-state index is 0.303. The van der Waals surface area contributed by atoms with Crippen molar-refractivity contribution in [1.82, 2.24) is 10.2 Å². The van der Waals surface area contributed by atoms with Crippen molar-refractivity contribution in [2.45, 2.75) is 12.8 Å². The van der Waals surface area contributed by atoms with Gasteiger partial charge in [0.25, 0.3) is 11.8 Å². The van der Waals surface area contributed by atoms with E-state index in [0.717, 1.165) is 4.90 Å². The summed E-state index contributed by atoms with van der Waals surface area (Å²) in [6.07, 6.45) is 4.69. The van der Waals surface area contributed by atoms with Crippen LogP contribution in [0.3, 0.4) is 0 Å². The van der Waals surface area contributed by atoms with Gasteiger partial charge in [-0.05, 0) is 31.0 Å². The second-order valence-electron chi connectivity index (χ2n) is 6.79. The topological polar surface area (TPSA) is 122 Å². The number of hydrogen-bond donors (Lipinski definition) is 2. The fourth-order valence-corrected chi connectivity index (χ4v) is 3.43. The Bertz CT molecular complexity index is 868. The Morgan fingerprint density at radius 3 is 2.38 bits per heavy atom. The van der Waals surface area contributed by atoms with Gasteiger partial charge in [-0.25, -0.2) is 0 Å². The summed E-state index contributed by atoms with van der Waals surface area (Å²) in [7, 11) is 1.49. The summed E-state index contributed by atoms with van der Waals surface area (Å²) in [6, 6.07) is 6.26. The van der Waals surface area contributed by atoms with Gasteiger partial charge in [0, 0.05) is 18.3 Å². The van der Waals surface area contributed by atoms with Gasteiger partial charge in [-0.2, -0.15) is 0 Å². The number of allylic oxidation sites excluding steroid dienone is 2. The number of nitrogens with one attached hydrogen (secondary N) is 2. The van der Waals surface area contributed by atoms with Crippen LogP contribution in [0.1, 0.15) is 23.2 Å². The molecule has 1 saturated heterocycles. The Balaban J connectivity index is 1.49. The van der Waals surface area contributed by atoms with Crippen LogP contribution >= 0.6 is 0 Å². The molecule has 0 aromatic heterocycles. The molecule has 0 bridgehead atoms. The molecule has 2 N–H and O–H groups in total. The maximum atomic E-state index is 12.3. The SMILES string of the molecule is CNC(=O)c1cccc(NC(=O)COC(=O)CN2C(=O)[C@@H]3CC=CC[C@H]3C2=O)c1. The number of ether oxygens (including phenoxy) is 1. The standard InChI is InChI=1S/C20H21N3O6/c1-21-18(26)12-5-4-6-13(9-12)22-16(24)11-29-17(25)10-23-19(27)14-7-2-3-8-15(14)20(23)28/h2-6,9,14-15H,7-8,10-11H2,1H3,(H,21,26)(H,22,24)/t14-,15-/m1/s1. The zero-order valence-corrected chi connectivity index (χ0v) is 15.8. The van der Waals surface area contributed by atoms with E-state index in [1.165, 1.54) is 13.1 Å². The predicted octanol–water partition coefficient (Wildman–Crippen LogP) is 0.479. The van der Waals surface area contributed by atoms with Gasteiger partial charge < -0.3 is 15.4 Å². The second-order valence-corrected chi connectivity index (χ2v) is 6.79. The molecule has 0 spiro atoms. The maximum Gasteiger partial charge on any atom is 0.326 e. The first-order valence-electron chi connectivity index (χ1n) is 9.18. The summed E-state index contributed by atoms with van der Waals surface area (Å²) >= 11 is 0. The van der Waals surface area contributed by atoms with E-state index < -0.39 is 36.9 Å². The third-order valence-electron chi connectivity index (χ3n) is 4.89. The van der Waals surface area contributed by atoms with Gasteiger partial charge in [-0.3, -0.25) is 28.9 Å². The predicted molar refractivity (Wildman–Crippen MR) is 101 cm³/mol. The van der Waals surface area contributed by atoms with E-state index in [2.05, 4.69) is 10.6 Å². The van der Waals surface area contributed by atoms with Crippen molar-refractivity contribution in [1.29, 1.82) is 0 Å². The normalized spacial score (nSPS) is 20.2. The van der Waals surface area contributed by atoms with Crippen LogP contribution in [0.25, 0.3) is 0 Å². The average molecular weight is 399 g/mol. The molecule has 1 aromatic rings. The van der Waals surface area contributed by atoms with E-state index in [1.54, 1.807) is 18.2 Å². The lowest BCUT2D eigenvalue weighted by Crippen LogP contribution is -2.37. The monoisotopic (exact) mass is 399 g/mol. The number of rotatable bonds is 6. The zero-order valence-electron chi connectivity index (χ0n) is 15.8. The van der Waals surface area contributed by atoms with Crippen LogP contribution < -0.4 is 10.6 Å². The number of esters is 1. The molecule has 152 valence electrons. The van der Waals surface area contributed by atoms with Crippen LogP contribution in [-0.4, -0.2) is 54.7 Å². The molecule has 0 saturated carbocycles. The zero-order chi connectivity index (χ0) is 21.0. The van der Waals surface area contributed by atoms with E-state index >= 15 is 0 Å². The lowest BCUT2D eigenvalue weighted by Gasteiger charge is -2.14. The first kappa shape index (κ1) is 20.2. The fourth-order valence-electron chi connectivity index (χ4n) is 3.43. The molecule has 4 amide bonds. The first-order chi connectivity index (χ1) is 13.9. The Kier molecular flexibility index (Phi) is 6.06. The molecule has 1 aliphatic heterocycles. The van der Waals surface area contributed by atoms with Crippen LogP contribution in [0.5, 0.6) is 0 Å². The largest absolute Gasteiger partial charge is 0.454 e. The number of benzene rings is 1. The number of fused-ring (bicyclic) bond motifs is 1. The van der Waals surface area contributed by atoms with Gasteiger partial charge in [0.15, 0.2) is 6.61 Å². The molecule has 1 aliphatic carbocycles. The number of likely N-dealkylation sites (tertiary alicyclic amines) is 1. The number of imide groups is 1. The lowest BCUT2D eigenvalue weighted by molar-refractivity contribution is -0.154. The molecule has 1 aromatic carbocycles. The van der Waals surface area contributed by atoms with Crippen LogP contribution in [0, 0.1) is 11.8 Å². The van der Waals surface area contributed by atoms with E-state index in [4.69, 9.17) is 4.74 Å².